The molecule has 4 rings (SSSR count). The van der Waals surface area contributed by atoms with Gasteiger partial charge in [0.05, 0.1) is 16.6 Å². The maximum Gasteiger partial charge on any atom is 0.311 e. The van der Waals surface area contributed by atoms with Crippen molar-refractivity contribution in [3.63, 3.8) is 0 Å². The van der Waals surface area contributed by atoms with E-state index < -0.39 is 5.97 Å². The number of fused-ring (bicyclic) bond motifs is 1. The molecule has 32 heavy (non-hydrogen) atoms. The molecule has 0 aliphatic carbocycles. The fraction of sp³-hybridized carbons (Fsp3) is 0.115. The number of rotatable bonds is 8. The van der Waals surface area contributed by atoms with Crippen LogP contribution in [0.3, 0.4) is 0 Å². The minimum Gasteiger partial charge on any atom is -0.489 e. The fourth-order valence-electron chi connectivity index (χ4n) is 3.15. The number of benzene rings is 3. The van der Waals surface area contributed by atoms with Crippen molar-refractivity contribution in [1.29, 1.82) is 5.26 Å². The number of carbonyl (C=O) groups is 1. The van der Waals surface area contributed by atoms with Crippen molar-refractivity contribution in [1.82, 2.24) is 4.98 Å². The molecule has 0 aliphatic heterocycles. The third kappa shape index (κ3) is 5.60. The van der Waals surface area contributed by atoms with Gasteiger partial charge in [0.2, 0.25) is 0 Å². The van der Waals surface area contributed by atoms with Gasteiger partial charge >= 0.3 is 5.97 Å². The Kier molecular flexibility index (Phi) is 6.91. The molecule has 5 nitrogen and oxygen atoms in total. The van der Waals surface area contributed by atoms with E-state index in [9.17, 15) is 4.79 Å². The summed E-state index contributed by atoms with van der Waals surface area (Å²) in [5.41, 5.74) is 3.58. The number of carbonyl (C=O) groups excluding carboxylic acids is 1. The van der Waals surface area contributed by atoms with Gasteiger partial charge in [-0.15, -0.1) is 11.3 Å². The van der Waals surface area contributed by atoms with E-state index in [4.69, 9.17) is 14.7 Å². The van der Waals surface area contributed by atoms with Crippen LogP contribution in [0, 0.1) is 11.3 Å². The highest BCUT2D eigenvalue weighted by Crippen LogP contribution is 2.31. The molecule has 4 aromatic rings. The zero-order chi connectivity index (χ0) is 22.2. The van der Waals surface area contributed by atoms with Gasteiger partial charge in [-0.25, -0.2) is 4.98 Å². The van der Waals surface area contributed by atoms with Crippen LogP contribution in [0.5, 0.6) is 5.75 Å². The summed E-state index contributed by atoms with van der Waals surface area (Å²) in [4.78, 5) is 16.9. The predicted molar refractivity (Wildman–Crippen MR) is 126 cm³/mol. The predicted octanol–water partition coefficient (Wildman–Crippen LogP) is 5.87. The highest BCUT2D eigenvalue weighted by molar-refractivity contribution is 7.19. The second kappa shape index (κ2) is 10.4. The molecule has 0 atom stereocenters. The van der Waals surface area contributed by atoms with E-state index >= 15 is 0 Å². The van der Waals surface area contributed by atoms with Crippen molar-refractivity contribution in [2.24, 2.45) is 0 Å². The minimum atomic E-state index is -0.464. The normalized spacial score (nSPS) is 11.2. The van der Waals surface area contributed by atoms with Gasteiger partial charge in [-0.1, -0.05) is 54.6 Å². The Hall–Kier alpha value is -3.95. The van der Waals surface area contributed by atoms with E-state index in [1.54, 1.807) is 0 Å². The van der Waals surface area contributed by atoms with Gasteiger partial charge < -0.3 is 9.47 Å². The minimum absolute atomic E-state index is 0.0244. The summed E-state index contributed by atoms with van der Waals surface area (Å²) in [5.74, 6) is 0.270. The fourth-order valence-corrected chi connectivity index (χ4v) is 4.13. The van der Waals surface area contributed by atoms with Crippen LogP contribution in [0.4, 0.5) is 0 Å². The third-order valence-electron chi connectivity index (χ3n) is 4.65. The summed E-state index contributed by atoms with van der Waals surface area (Å²) >= 11 is 1.52. The van der Waals surface area contributed by atoms with Gasteiger partial charge in [-0.3, -0.25) is 4.79 Å². The maximum atomic E-state index is 12.3. The molecule has 158 valence electrons. The molecule has 0 saturated carbocycles. The molecule has 0 spiro atoms. The van der Waals surface area contributed by atoms with Crippen LogP contribution < -0.4 is 4.74 Å². The third-order valence-corrected chi connectivity index (χ3v) is 5.76. The quantitative estimate of drug-likeness (QED) is 0.320. The molecule has 0 radical (unpaired) electrons. The molecule has 0 bridgehead atoms. The molecule has 1 aromatic heterocycles. The molecular weight excluding hydrogens is 420 g/mol. The summed E-state index contributed by atoms with van der Waals surface area (Å²) < 4.78 is 12.0. The lowest BCUT2D eigenvalue weighted by Crippen LogP contribution is -2.05. The first-order valence-corrected chi connectivity index (χ1v) is 10.9. The number of hydrogen-bond acceptors (Lipinski definition) is 6. The van der Waals surface area contributed by atoms with Crippen molar-refractivity contribution in [2.45, 2.75) is 13.0 Å². The molecule has 0 saturated heterocycles. The van der Waals surface area contributed by atoms with E-state index in [1.807, 2.05) is 91.0 Å². The Balaban J connectivity index is 1.60. The van der Waals surface area contributed by atoms with Crippen LogP contribution in [0.1, 0.15) is 22.6 Å². The number of thiazole rings is 1. The number of aromatic nitrogens is 1. The Morgan fingerprint density at radius 1 is 1.03 bits per heavy atom. The van der Waals surface area contributed by atoms with Crippen LogP contribution >= 0.6 is 11.3 Å². The molecule has 0 unspecified atom stereocenters. The number of nitrogens with zero attached hydrogens (tertiary/aromatic N) is 2. The summed E-state index contributed by atoms with van der Waals surface area (Å²) in [6.45, 7) is 0.202. The van der Waals surface area contributed by atoms with E-state index in [2.05, 4.69) is 4.98 Å². The van der Waals surface area contributed by atoms with Crippen LogP contribution in [-0.2, 0) is 16.1 Å². The zero-order valence-electron chi connectivity index (χ0n) is 17.2. The van der Waals surface area contributed by atoms with E-state index in [0.29, 0.717) is 6.61 Å². The van der Waals surface area contributed by atoms with E-state index in [1.165, 1.54) is 11.3 Å². The van der Waals surface area contributed by atoms with Crippen molar-refractivity contribution < 1.29 is 14.3 Å². The molecule has 1 heterocycles. The molecule has 0 aliphatic rings. The number of esters is 1. The van der Waals surface area contributed by atoms with E-state index in [-0.39, 0.29) is 13.0 Å². The highest BCUT2D eigenvalue weighted by Gasteiger charge is 2.14. The van der Waals surface area contributed by atoms with Crippen LogP contribution in [0.25, 0.3) is 21.9 Å². The average molecular weight is 441 g/mol. The highest BCUT2D eigenvalue weighted by atomic mass is 32.1. The lowest BCUT2D eigenvalue weighted by molar-refractivity contribution is -0.140. The first-order valence-electron chi connectivity index (χ1n) is 10.1. The molecule has 6 heteroatoms. The summed E-state index contributed by atoms with van der Waals surface area (Å²) in [5, 5.41) is 9.44. The standard InChI is InChI=1S/C26H20N2O3S/c27-13-14-30-25(29)17-21(26-28-23-11-4-5-12-24(23)32-26)15-20-9-6-10-22(16-20)31-18-19-7-2-1-3-8-19/h1-12,15-16H,14,17-18H2/b21-15-. The zero-order valence-corrected chi connectivity index (χ0v) is 18.0. The second-order valence-corrected chi connectivity index (χ2v) is 8.03. The lowest BCUT2D eigenvalue weighted by atomic mass is 10.1. The summed E-state index contributed by atoms with van der Waals surface area (Å²) in [7, 11) is 0. The van der Waals surface area contributed by atoms with Crippen molar-refractivity contribution >= 4 is 39.2 Å². The summed E-state index contributed by atoms with van der Waals surface area (Å²) in [6.07, 6.45) is 1.94. The molecule has 0 amide bonds. The smallest absolute Gasteiger partial charge is 0.311 e. The Bertz CT molecular complexity index is 1260. The van der Waals surface area contributed by atoms with Crippen molar-refractivity contribution in [3.05, 3.63) is 95.0 Å². The van der Waals surface area contributed by atoms with Gasteiger partial charge in [0.1, 0.15) is 23.4 Å². The first-order chi connectivity index (χ1) is 15.7. The molecule has 0 fully saturated rings. The summed E-state index contributed by atoms with van der Waals surface area (Å²) in [6, 6.07) is 27.3. The van der Waals surface area contributed by atoms with Gasteiger partial charge in [-0.05, 0) is 47.0 Å². The Labute approximate surface area is 190 Å². The molecule has 0 N–H and O–H groups in total. The average Bonchev–Trinajstić information content (AvgIpc) is 3.26. The monoisotopic (exact) mass is 440 g/mol. The molecular formula is C26H20N2O3S. The number of ether oxygens (including phenoxy) is 2. The van der Waals surface area contributed by atoms with Gasteiger partial charge in [-0.2, -0.15) is 5.26 Å². The van der Waals surface area contributed by atoms with Gasteiger partial charge in [0.15, 0.2) is 6.61 Å². The second-order valence-electron chi connectivity index (χ2n) is 7.00. The maximum absolute atomic E-state index is 12.3. The number of para-hydroxylation sites is 1. The Morgan fingerprint density at radius 2 is 1.84 bits per heavy atom. The number of hydrogen-bond donors (Lipinski definition) is 0. The van der Waals surface area contributed by atoms with Gasteiger partial charge in [0, 0.05) is 0 Å². The van der Waals surface area contributed by atoms with Crippen LogP contribution in [0.15, 0.2) is 78.9 Å². The lowest BCUT2D eigenvalue weighted by Gasteiger charge is -2.08. The van der Waals surface area contributed by atoms with Crippen molar-refractivity contribution in [3.8, 4) is 11.8 Å². The van der Waals surface area contributed by atoms with Crippen LogP contribution in [0.2, 0.25) is 0 Å². The van der Waals surface area contributed by atoms with E-state index in [0.717, 1.165) is 37.7 Å². The Morgan fingerprint density at radius 3 is 2.66 bits per heavy atom. The largest absolute Gasteiger partial charge is 0.489 e. The molecule has 3 aromatic carbocycles. The first kappa shape index (κ1) is 21.3. The topological polar surface area (TPSA) is 72.2 Å². The number of nitriles is 1. The van der Waals surface area contributed by atoms with Crippen molar-refractivity contribution in [2.75, 3.05) is 6.61 Å². The van der Waals surface area contributed by atoms with Gasteiger partial charge in [0.25, 0.3) is 0 Å². The van der Waals surface area contributed by atoms with Crippen LogP contribution in [-0.4, -0.2) is 17.6 Å². The SMILES string of the molecule is N#CCOC(=O)C/C(=C/c1cccc(OCc2ccccc2)c1)c1nc2ccccc2s1.